The van der Waals surface area contributed by atoms with Gasteiger partial charge in [0.2, 0.25) is 0 Å². The van der Waals surface area contributed by atoms with E-state index in [9.17, 15) is 9.50 Å². The number of nitrogens with zero attached hydrogens (tertiary/aromatic N) is 1. The van der Waals surface area contributed by atoms with Crippen molar-refractivity contribution in [2.45, 2.75) is 6.10 Å². The smallest absolute Gasteiger partial charge is 0.144 e. The summed E-state index contributed by atoms with van der Waals surface area (Å²) in [6.07, 6.45) is -0.960. The maximum atomic E-state index is 13.4. The van der Waals surface area contributed by atoms with Crippen molar-refractivity contribution < 1.29 is 14.2 Å². The molecule has 2 rings (SSSR count). The van der Waals surface area contributed by atoms with E-state index in [1.165, 1.54) is 18.2 Å². The molecular weight excluding hydrogens is 281 g/mol. The summed E-state index contributed by atoms with van der Waals surface area (Å²) < 4.78 is 18.7. The van der Waals surface area contributed by atoms with Gasteiger partial charge in [0, 0.05) is 10.6 Å². The number of hydrogen-bond donors (Lipinski definition) is 1. The zero-order valence-corrected chi connectivity index (χ0v) is 11.1. The highest BCUT2D eigenvalue weighted by molar-refractivity contribution is 6.31. The van der Waals surface area contributed by atoms with Gasteiger partial charge < -0.3 is 9.84 Å². The van der Waals surface area contributed by atoms with E-state index in [1.807, 2.05) is 0 Å². The third-order valence-corrected chi connectivity index (χ3v) is 3.09. The lowest BCUT2D eigenvalue weighted by atomic mass is 10.1. The summed E-state index contributed by atoms with van der Waals surface area (Å²) in [4.78, 5) is 0. The molecule has 1 unspecified atom stereocenters. The van der Waals surface area contributed by atoms with Crippen molar-refractivity contribution in [3.63, 3.8) is 0 Å². The monoisotopic (exact) mass is 291 g/mol. The van der Waals surface area contributed by atoms with Gasteiger partial charge in [-0.15, -0.1) is 0 Å². The van der Waals surface area contributed by atoms with Gasteiger partial charge >= 0.3 is 0 Å². The number of benzene rings is 2. The summed E-state index contributed by atoms with van der Waals surface area (Å²) in [6.45, 7) is -0.123. The van der Waals surface area contributed by atoms with Crippen molar-refractivity contribution in [1.82, 2.24) is 0 Å². The second-order valence-electron chi connectivity index (χ2n) is 4.07. The Hall–Kier alpha value is -2.09. The molecule has 1 N–H and O–H groups in total. The van der Waals surface area contributed by atoms with Crippen molar-refractivity contribution in [1.29, 1.82) is 5.26 Å². The highest BCUT2D eigenvalue weighted by Gasteiger charge is 2.14. The summed E-state index contributed by atoms with van der Waals surface area (Å²) in [5.74, 6) is -0.559. The number of aliphatic hydroxyl groups excluding tert-OH is 1. The molecule has 0 radical (unpaired) electrons. The van der Waals surface area contributed by atoms with Crippen molar-refractivity contribution in [2.75, 3.05) is 6.61 Å². The number of rotatable bonds is 4. The van der Waals surface area contributed by atoms with Crippen molar-refractivity contribution in [2.24, 2.45) is 0 Å². The molecule has 0 aromatic heterocycles. The third-order valence-electron chi connectivity index (χ3n) is 2.75. The third kappa shape index (κ3) is 3.08. The molecule has 102 valence electrons. The van der Waals surface area contributed by atoms with Gasteiger partial charge in [-0.05, 0) is 18.2 Å². The van der Waals surface area contributed by atoms with E-state index in [0.717, 1.165) is 0 Å². The fourth-order valence-electron chi connectivity index (χ4n) is 1.74. The number of ether oxygens (including phenoxy) is 1. The van der Waals surface area contributed by atoms with Crippen molar-refractivity contribution in [3.05, 3.63) is 64.4 Å². The number of nitriles is 1. The highest BCUT2D eigenvalue weighted by atomic mass is 35.5. The molecule has 5 heteroatoms. The minimum Gasteiger partial charge on any atom is -0.489 e. The van der Waals surface area contributed by atoms with Gasteiger partial charge in [0.25, 0.3) is 0 Å². The Morgan fingerprint density at radius 3 is 2.70 bits per heavy atom. The quantitative estimate of drug-likeness (QED) is 0.938. The first-order chi connectivity index (χ1) is 9.63. The normalized spacial score (nSPS) is 11.7. The maximum absolute atomic E-state index is 13.4. The first kappa shape index (κ1) is 14.3. The molecule has 0 fully saturated rings. The summed E-state index contributed by atoms with van der Waals surface area (Å²) in [5.41, 5.74) is 0.336. The first-order valence-corrected chi connectivity index (χ1v) is 6.25. The van der Waals surface area contributed by atoms with E-state index in [4.69, 9.17) is 21.6 Å². The molecule has 3 nitrogen and oxygen atoms in total. The van der Waals surface area contributed by atoms with Gasteiger partial charge in [-0.25, -0.2) is 4.39 Å². The van der Waals surface area contributed by atoms with Gasteiger partial charge in [-0.3, -0.25) is 0 Å². The standard InChI is InChI=1S/C15H11ClFNO2/c16-12-5-2-1-4-10(12)14(19)9-20-15-7-3-6-13(17)11(15)8-18/h1-7,14,19H,9H2. The lowest BCUT2D eigenvalue weighted by Crippen LogP contribution is -2.11. The lowest BCUT2D eigenvalue weighted by molar-refractivity contribution is 0.108. The van der Waals surface area contributed by atoms with E-state index in [2.05, 4.69) is 0 Å². The molecule has 1 atom stereocenters. The molecule has 0 aliphatic carbocycles. The van der Waals surface area contributed by atoms with E-state index in [0.29, 0.717) is 10.6 Å². The van der Waals surface area contributed by atoms with E-state index in [-0.39, 0.29) is 17.9 Å². The minimum atomic E-state index is -0.960. The van der Waals surface area contributed by atoms with E-state index >= 15 is 0 Å². The van der Waals surface area contributed by atoms with Crippen LogP contribution < -0.4 is 4.74 Å². The van der Waals surface area contributed by atoms with Crippen LogP contribution in [0.3, 0.4) is 0 Å². The average molecular weight is 292 g/mol. The molecule has 0 bridgehead atoms. The molecule has 0 aliphatic heterocycles. The zero-order valence-electron chi connectivity index (χ0n) is 10.4. The Kier molecular flexibility index (Phi) is 4.57. The molecule has 2 aromatic carbocycles. The van der Waals surface area contributed by atoms with Gasteiger partial charge in [-0.2, -0.15) is 5.26 Å². The van der Waals surface area contributed by atoms with E-state index < -0.39 is 11.9 Å². The molecule has 0 saturated heterocycles. The predicted octanol–water partition coefficient (Wildman–Crippen LogP) is 3.46. The van der Waals surface area contributed by atoms with Crippen LogP contribution in [0.2, 0.25) is 5.02 Å². The largest absolute Gasteiger partial charge is 0.489 e. The summed E-state index contributed by atoms with van der Waals surface area (Å²) in [6, 6.07) is 12.6. The first-order valence-electron chi connectivity index (χ1n) is 5.87. The molecule has 0 heterocycles. The zero-order chi connectivity index (χ0) is 14.5. The van der Waals surface area contributed by atoms with Crippen LogP contribution in [0.25, 0.3) is 0 Å². The molecule has 0 spiro atoms. The predicted molar refractivity (Wildman–Crippen MR) is 73.0 cm³/mol. The fourth-order valence-corrected chi connectivity index (χ4v) is 2.00. The number of halogens is 2. The highest BCUT2D eigenvalue weighted by Crippen LogP contribution is 2.25. The number of aliphatic hydroxyl groups is 1. The topological polar surface area (TPSA) is 53.2 Å². The van der Waals surface area contributed by atoms with Gasteiger partial charge in [-0.1, -0.05) is 35.9 Å². The van der Waals surface area contributed by atoms with Crippen LogP contribution >= 0.6 is 11.6 Å². The summed E-state index contributed by atoms with van der Waals surface area (Å²) in [5, 5.41) is 19.3. The molecule has 20 heavy (non-hydrogen) atoms. The summed E-state index contributed by atoms with van der Waals surface area (Å²) >= 11 is 5.96. The van der Waals surface area contributed by atoms with E-state index in [1.54, 1.807) is 30.3 Å². The van der Waals surface area contributed by atoms with Gasteiger partial charge in [0.15, 0.2) is 0 Å². The Labute approximate surface area is 120 Å². The SMILES string of the molecule is N#Cc1c(F)cccc1OCC(O)c1ccccc1Cl. The Morgan fingerprint density at radius 2 is 2.00 bits per heavy atom. The van der Waals surface area contributed by atoms with Gasteiger partial charge in [0.1, 0.15) is 35.9 Å². The van der Waals surface area contributed by atoms with Crippen LogP contribution in [0.5, 0.6) is 5.75 Å². The van der Waals surface area contributed by atoms with Crippen LogP contribution in [0.15, 0.2) is 42.5 Å². The van der Waals surface area contributed by atoms with Gasteiger partial charge in [0.05, 0.1) is 0 Å². The van der Waals surface area contributed by atoms with Crippen LogP contribution in [0.4, 0.5) is 4.39 Å². The average Bonchev–Trinajstić information content (AvgIpc) is 2.45. The Balaban J connectivity index is 2.12. The second-order valence-corrected chi connectivity index (χ2v) is 4.48. The summed E-state index contributed by atoms with van der Waals surface area (Å²) in [7, 11) is 0. The fraction of sp³-hybridized carbons (Fsp3) is 0.133. The van der Waals surface area contributed by atoms with Crippen molar-refractivity contribution >= 4 is 11.6 Å². The Bertz CT molecular complexity index is 655. The molecule has 2 aromatic rings. The molecular formula is C15H11ClFNO2. The van der Waals surface area contributed by atoms with Crippen LogP contribution in [0.1, 0.15) is 17.2 Å². The van der Waals surface area contributed by atoms with Crippen LogP contribution in [0, 0.1) is 17.1 Å². The lowest BCUT2D eigenvalue weighted by Gasteiger charge is -2.14. The van der Waals surface area contributed by atoms with Crippen LogP contribution in [-0.4, -0.2) is 11.7 Å². The molecule has 0 saturated carbocycles. The molecule has 0 aliphatic rings. The van der Waals surface area contributed by atoms with Crippen molar-refractivity contribution in [3.8, 4) is 11.8 Å². The minimum absolute atomic E-state index is 0.0959. The molecule has 0 amide bonds. The number of hydrogen-bond acceptors (Lipinski definition) is 3. The maximum Gasteiger partial charge on any atom is 0.144 e. The second kappa shape index (κ2) is 6.38. The Morgan fingerprint density at radius 1 is 1.25 bits per heavy atom. The van der Waals surface area contributed by atoms with Crippen LogP contribution in [-0.2, 0) is 0 Å².